The van der Waals surface area contributed by atoms with Crippen LogP contribution in [0, 0.1) is 10.1 Å². The Morgan fingerprint density at radius 1 is 1.29 bits per heavy atom. The Labute approximate surface area is 139 Å². The minimum absolute atomic E-state index is 0.0223. The molecule has 0 aliphatic heterocycles. The number of nitrogens with zero attached hydrogens (tertiary/aromatic N) is 4. The molecule has 128 valence electrons. The van der Waals surface area contributed by atoms with Gasteiger partial charge in [0.05, 0.1) is 11.5 Å². The molecule has 1 N–H and O–H groups in total. The molecule has 10 heteroatoms. The zero-order valence-corrected chi connectivity index (χ0v) is 14.4. The largest absolute Gasteiger partial charge is 0.353 e. The normalized spacial score (nSPS) is 11.2. The van der Waals surface area contributed by atoms with Gasteiger partial charge in [-0.05, 0) is 22.3 Å². The molecule has 1 atom stereocenters. The van der Waals surface area contributed by atoms with Crippen molar-refractivity contribution < 1.29 is 4.92 Å². The van der Waals surface area contributed by atoms with Gasteiger partial charge in [0.15, 0.2) is 0 Å². The van der Waals surface area contributed by atoms with E-state index in [2.05, 4.69) is 10.3 Å². The van der Waals surface area contributed by atoms with Crippen molar-refractivity contribution in [1.82, 2.24) is 19.2 Å². The lowest BCUT2D eigenvalue weighted by Crippen LogP contribution is -2.41. The number of para-hydroxylation sites is 1. The molecule has 2 rings (SSSR count). The monoisotopic (exact) mass is 351 g/mol. The quantitative estimate of drug-likeness (QED) is 0.446. The maximum atomic E-state index is 12.2. The molecule has 1 aromatic heterocycles. The molecule has 0 radical (unpaired) electrons. The number of aromatic nitrogens is 3. The predicted octanol–water partition coefficient (Wildman–Crippen LogP) is 0.694. The minimum Gasteiger partial charge on any atom is -0.306 e. The highest BCUT2D eigenvalue weighted by molar-refractivity contribution is 7.35. The molecule has 1 aromatic carbocycles. The molecule has 0 amide bonds. The molecule has 0 aliphatic carbocycles. The molecule has 2 aromatic rings. The lowest BCUT2D eigenvalue weighted by molar-refractivity contribution is -0.385. The van der Waals surface area contributed by atoms with E-state index in [9.17, 15) is 19.7 Å². The van der Waals surface area contributed by atoms with Gasteiger partial charge in [-0.15, -0.1) is 0 Å². The van der Waals surface area contributed by atoms with Crippen molar-refractivity contribution in [3.63, 3.8) is 0 Å². The van der Waals surface area contributed by atoms with E-state index >= 15 is 0 Å². The Balaban J connectivity index is 2.21. The molecule has 9 nitrogen and oxygen atoms in total. The van der Waals surface area contributed by atoms with Crippen molar-refractivity contribution in [2.45, 2.75) is 26.6 Å². The first-order chi connectivity index (χ1) is 11.5. The molecular formula is C14H18N5O4P. The van der Waals surface area contributed by atoms with Crippen LogP contribution in [0.15, 0.2) is 33.9 Å². The van der Waals surface area contributed by atoms with Gasteiger partial charge >= 0.3 is 11.4 Å². The summed E-state index contributed by atoms with van der Waals surface area (Å²) in [6.45, 7) is 4.19. The second-order valence-electron chi connectivity index (χ2n) is 4.89. The van der Waals surface area contributed by atoms with E-state index < -0.39 is 10.6 Å². The summed E-state index contributed by atoms with van der Waals surface area (Å²) in [6.07, 6.45) is 0. The summed E-state index contributed by atoms with van der Waals surface area (Å²) in [4.78, 5) is 38.6. The van der Waals surface area contributed by atoms with Crippen molar-refractivity contribution in [2.75, 3.05) is 6.66 Å². The zero-order valence-electron chi connectivity index (χ0n) is 13.4. The summed E-state index contributed by atoms with van der Waals surface area (Å²) in [5.41, 5.74) is -0.424. The van der Waals surface area contributed by atoms with E-state index in [-0.39, 0.29) is 39.7 Å². The lowest BCUT2D eigenvalue weighted by Gasteiger charge is -2.12. The van der Waals surface area contributed by atoms with Gasteiger partial charge in [0.25, 0.3) is 5.69 Å². The summed E-state index contributed by atoms with van der Waals surface area (Å²) < 4.78 is 2.51. The average molecular weight is 351 g/mol. The van der Waals surface area contributed by atoms with Crippen molar-refractivity contribution in [3.05, 3.63) is 66.7 Å². The number of rotatable bonds is 7. The summed E-state index contributed by atoms with van der Waals surface area (Å²) in [5.74, 6) is 0.328. The van der Waals surface area contributed by atoms with Gasteiger partial charge < -0.3 is 5.32 Å². The Bertz CT molecular complexity index is 861. The highest BCUT2D eigenvalue weighted by Crippen LogP contribution is 2.17. The van der Waals surface area contributed by atoms with Gasteiger partial charge in [0.1, 0.15) is 5.82 Å². The lowest BCUT2D eigenvalue weighted by atomic mass is 10.2. The van der Waals surface area contributed by atoms with E-state index in [4.69, 9.17) is 0 Å². The molecule has 0 bridgehead atoms. The molecule has 0 saturated heterocycles. The van der Waals surface area contributed by atoms with Crippen LogP contribution >= 0.6 is 8.73 Å². The van der Waals surface area contributed by atoms with Crippen LogP contribution in [0.25, 0.3) is 0 Å². The van der Waals surface area contributed by atoms with Crippen molar-refractivity contribution in [1.29, 1.82) is 0 Å². The third-order valence-electron chi connectivity index (χ3n) is 3.46. The maximum Gasteiger partial charge on any atom is 0.353 e. The third-order valence-corrected chi connectivity index (χ3v) is 4.36. The predicted molar refractivity (Wildman–Crippen MR) is 91.7 cm³/mol. The van der Waals surface area contributed by atoms with Gasteiger partial charge in [0, 0.05) is 24.7 Å². The number of nitro groups is 1. The number of benzene rings is 1. The second kappa shape index (κ2) is 7.94. The van der Waals surface area contributed by atoms with Crippen LogP contribution in [0.1, 0.15) is 18.3 Å². The highest BCUT2D eigenvalue weighted by atomic mass is 31.1. The standard InChI is InChI=1S/C14H18N5O4P/c1-3-17-13(20)16-12(18(24-2)14(17)21)9-15-8-10-6-4-5-7-11(10)19(22)23/h4-7,15,24H,3,8-9H2,1-2H3. The van der Waals surface area contributed by atoms with Crippen molar-refractivity contribution >= 4 is 14.4 Å². The highest BCUT2D eigenvalue weighted by Gasteiger charge is 2.13. The third kappa shape index (κ3) is 3.74. The first-order valence-electron chi connectivity index (χ1n) is 7.33. The van der Waals surface area contributed by atoms with E-state index in [1.165, 1.54) is 10.4 Å². The van der Waals surface area contributed by atoms with Gasteiger partial charge in [-0.2, -0.15) is 4.98 Å². The Hall–Kier alpha value is -2.38. The van der Waals surface area contributed by atoms with Gasteiger partial charge in [-0.25, -0.2) is 14.2 Å². The molecule has 1 heterocycles. The number of nitrogens with one attached hydrogen (secondary N) is 1. The first kappa shape index (κ1) is 18.0. The minimum atomic E-state index is -0.584. The average Bonchev–Trinajstić information content (AvgIpc) is 2.55. The van der Waals surface area contributed by atoms with E-state index in [0.29, 0.717) is 11.4 Å². The molecule has 24 heavy (non-hydrogen) atoms. The summed E-state index contributed by atoms with van der Waals surface area (Å²) in [5, 5.41) is 14.0. The number of hydrogen-bond donors (Lipinski definition) is 1. The molecule has 0 aliphatic rings. The zero-order chi connectivity index (χ0) is 17.7. The van der Waals surface area contributed by atoms with Gasteiger partial charge in [-0.3, -0.25) is 14.5 Å². The first-order valence-corrected chi connectivity index (χ1v) is 8.77. The topological polar surface area (TPSA) is 112 Å². The number of hydrogen-bond acceptors (Lipinski definition) is 6. The number of nitro benzene ring substituents is 1. The SMILES string of the molecule is CCn1c(=O)nc(CNCc2ccccc2[N+](=O)[O-])n(PC)c1=O. The second-order valence-corrected chi connectivity index (χ2v) is 5.78. The summed E-state index contributed by atoms with van der Waals surface area (Å²) in [6, 6.07) is 6.40. The van der Waals surface area contributed by atoms with Crippen LogP contribution in [0.2, 0.25) is 0 Å². The van der Waals surface area contributed by atoms with E-state index in [0.717, 1.165) is 4.57 Å². The molecule has 1 unspecified atom stereocenters. The summed E-state index contributed by atoms with van der Waals surface area (Å²) in [7, 11) is 0.129. The van der Waals surface area contributed by atoms with Gasteiger partial charge in [-0.1, -0.05) is 18.2 Å². The van der Waals surface area contributed by atoms with Crippen molar-refractivity contribution in [3.8, 4) is 0 Å². The van der Waals surface area contributed by atoms with Crippen LogP contribution < -0.4 is 16.7 Å². The fourth-order valence-corrected chi connectivity index (χ4v) is 2.99. The van der Waals surface area contributed by atoms with Crippen LogP contribution in [-0.4, -0.2) is 25.5 Å². The Morgan fingerprint density at radius 3 is 2.62 bits per heavy atom. The fourth-order valence-electron chi connectivity index (χ4n) is 2.29. The van der Waals surface area contributed by atoms with E-state index in [1.807, 2.05) is 6.66 Å². The maximum absolute atomic E-state index is 12.2. The Morgan fingerprint density at radius 2 is 2.00 bits per heavy atom. The fraction of sp³-hybridized carbons (Fsp3) is 0.357. The molecule has 0 fully saturated rings. The van der Waals surface area contributed by atoms with Crippen LogP contribution in [0.5, 0.6) is 0 Å². The Kier molecular flexibility index (Phi) is 5.94. The van der Waals surface area contributed by atoms with Gasteiger partial charge in [0.2, 0.25) is 0 Å². The van der Waals surface area contributed by atoms with Crippen LogP contribution in [0.4, 0.5) is 5.69 Å². The molecule has 0 spiro atoms. The van der Waals surface area contributed by atoms with Crippen LogP contribution in [0.3, 0.4) is 0 Å². The van der Waals surface area contributed by atoms with E-state index in [1.54, 1.807) is 25.1 Å². The van der Waals surface area contributed by atoms with Crippen LogP contribution in [-0.2, 0) is 19.6 Å². The van der Waals surface area contributed by atoms with Crippen molar-refractivity contribution in [2.24, 2.45) is 0 Å². The molecular weight excluding hydrogens is 333 g/mol. The summed E-state index contributed by atoms with van der Waals surface area (Å²) >= 11 is 0. The molecule has 0 saturated carbocycles. The smallest absolute Gasteiger partial charge is 0.306 e.